The zero-order valence-corrected chi connectivity index (χ0v) is 3.86. The molecule has 0 aromatic carbocycles. The molecule has 0 aliphatic carbocycles. The fraction of sp³-hybridized carbons (Fsp3) is 0. The Morgan fingerprint density at radius 3 is 2.75 bits per heavy atom. The number of hydrogen-bond acceptors (Lipinski definition) is 1. The first-order valence-corrected chi connectivity index (χ1v) is 1.68. The molecule has 0 heterocycles. The Balaban J connectivity index is 3.14. The lowest BCUT2D eigenvalue weighted by Crippen LogP contribution is -1.52. The third-order valence-electron chi connectivity index (χ3n) is 0. The minimum absolute atomic E-state index is 0.734. The quantitative estimate of drug-likeness (QED) is 0.423. The van der Waals surface area contributed by atoms with Gasteiger partial charge in [0.05, 0.1) is 0 Å². The molecule has 0 aliphatic heterocycles. The first kappa shape index (κ1) is 2.56. The van der Waals surface area contributed by atoms with Crippen molar-refractivity contribution in [2.75, 3.05) is 0 Å². The average molecular weight is 174 g/mol. The van der Waals surface area contributed by atoms with Crippen molar-refractivity contribution in [1.29, 1.82) is 5.40 Å². The molecule has 0 saturated heterocycles. The SMILES string of the molecule is [2H]N=C(F)I. The van der Waals surface area contributed by atoms with E-state index >= 15 is 0 Å². The molecule has 0 atom stereocenters. The van der Waals surface area contributed by atoms with Gasteiger partial charge in [0.15, 0.2) is 1.41 Å². The largest absolute Gasteiger partial charge is 0.269 e. The van der Waals surface area contributed by atoms with Gasteiger partial charge in [-0.3, -0.25) is 5.40 Å². The summed E-state index contributed by atoms with van der Waals surface area (Å²) in [6.07, 6.45) is 0. The first-order valence-electron chi connectivity index (χ1n) is 1.05. The molecule has 1 N–H and O–H groups in total. The zero-order chi connectivity index (χ0) is 4.28. The second-order valence-electron chi connectivity index (χ2n) is 0.240. The fourth-order valence-electron chi connectivity index (χ4n) is 0. The van der Waals surface area contributed by atoms with Gasteiger partial charge in [-0.15, -0.1) is 0 Å². The maximum absolute atomic E-state index is 11.0. The van der Waals surface area contributed by atoms with Gasteiger partial charge in [-0.05, 0) is 0 Å². The molecule has 0 saturated carbocycles. The molecule has 0 unspecified atom stereocenters. The van der Waals surface area contributed by atoms with Crippen LogP contribution in [0.25, 0.3) is 0 Å². The molecule has 0 aromatic rings. The van der Waals surface area contributed by atoms with Crippen molar-refractivity contribution < 1.29 is 5.80 Å². The highest BCUT2D eigenvalue weighted by atomic mass is 127. The summed E-state index contributed by atoms with van der Waals surface area (Å²) < 4.78 is 16.1. The number of rotatable bonds is 0. The van der Waals surface area contributed by atoms with Crippen molar-refractivity contribution >= 4 is 26.6 Å². The molecule has 0 spiro atoms. The Morgan fingerprint density at radius 2 is 2.75 bits per heavy atom. The van der Waals surface area contributed by atoms with Gasteiger partial charge in [0.2, 0.25) is 3.97 Å². The summed E-state index contributed by atoms with van der Waals surface area (Å²) in [5, 5.41) is 2.38. The monoisotopic (exact) mass is 174 g/mol. The smallest absolute Gasteiger partial charge is 0.242 e. The summed E-state index contributed by atoms with van der Waals surface area (Å²) in [5.74, 6) is 0. The Morgan fingerprint density at radius 1 is 2.50 bits per heavy atom. The van der Waals surface area contributed by atoms with Crippen LogP contribution in [-0.4, -0.2) is 3.97 Å². The minimum atomic E-state index is -0.734. The number of nitrogens with one attached hydrogen (secondary N) is 1. The zero-order valence-electron chi connectivity index (χ0n) is 2.70. The second-order valence-corrected chi connectivity index (χ2v) is 1.13. The van der Waals surface area contributed by atoms with E-state index in [9.17, 15) is 4.39 Å². The number of halogens is 2. The summed E-state index contributed by atoms with van der Waals surface area (Å²) in [5.41, 5.74) is 0. The third kappa shape index (κ3) is 37.8. The van der Waals surface area contributed by atoms with Crippen LogP contribution in [0, 0.1) is 5.40 Å². The van der Waals surface area contributed by atoms with Crippen LogP contribution in [0.15, 0.2) is 0 Å². The molecular formula is CHFIN. The van der Waals surface area contributed by atoms with Crippen LogP contribution < -0.4 is 0 Å². The minimum Gasteiger partial charge on any atom is -0.269 e. The molecule has 24 valence electrons. The second kappa shape index (κ2) is 1.63. The molecule has 4 heavy (non-hydrogen) atoms. The maximum Gasteiger partial charge on any atom is 0.242 e. The molecule has 0 bridgehead atoms. The molecule has 3 heteroatoms. The lowest BCUT2D eigenvalue weighted by molar-refractivity contribution is 0.828. The maximum atomic E-state index is 11.0. The highest BCUT2D eigenvalue weighted by Crippen LogP contribution is 1.81. The summed E-state index contributed by atoms with van der Waals surface area (Å²) in [4.78, 5) is 0. The molecule has 0 aliphatic rings. The van der Waals surface area contributed by atoms with Crippen molar-refractivity contribution in [3.05, 3.63) is 0 Å². The topological polar surface area (TPSA) is 23.9 Å². The predicted octanol–water partition coefficient (Wildman–Crippen LogP) is 1.33. The Hall–Kier alpha value is 0.330. The molecule has 0 amide bonds. The highest BCUT2D eigenvalue weighted by Gasteiger charge is 1.66. The van der Waals surface area contributed by atoms with Gasteiger partial charge < -0.3 is 0 Å². The van der Waals surface area contributed by atoms with E-state index in [2.05, 4.69) is 5.40 Å². The molecule has 0 radical (unpaired) electrons. The summed E-state index contributed by atoms with van der Waals surface area (Å²) >= 11 is 1.30. The van der Waals surface area contributed by atoms with Crippen LogP contribution in [0.5, 0.6) is 0 Å². The predicted molar refractivity (Wildman–Crippen MR) is 22.9 cm³/mol. The van der Waals surface area contributed by atoms with Crippen molar-refractivity contribution in [3.8, 4) is 0 Å². The average Bonchev–Trinajstić information content (AvgIpc) is 1.38. The van der Waals surface area contributed by atoms with Crippen molar-refractivity contribution in [3.63, 3.8) is 0 Å². The van der Waals surface area contributed by atoms with E-state index < -0.39 is 3.97 Å². The highest BCUT2D eigenvalue weighted by molar-refractivity contribution is 14.1. The lowest BCUT2D eigenvalue weighted by atomic mass is 11.7. The first-order chi connectivity index (χ1) is 2.27. The van der Waals surface area contributed by atoms with Crippen molar-refractivity contribution in [2.24, 2.45) is 0 Å². The molecule has 0 aromatic heterocycles. The summed E-state index contributed by atoms with van der Waals surface area (Å²) in [6, 6.07) is 0. The Bertz CT molecular complexity index is 49.6. The van der Waals surface area contributed by atoms with Crippen LogP contribution in [0.1, 0.15) is 0 Å². The van der Waals surface area contributed by atoms with Crippen molar-refractivity contribution in [2.45, 2.75) is 0 Å². The van der Waals surface area contributed by atoms with E-state index in [4.69, 9.17) is 1.41 Å². The molecule has 1 nitrogen and oxygen atoms in total. The summed E-state index contributed by atoms with van der Waals surface area (Å²) in [7, 11) is 0. The summed E-state index contributed by atoms with van der Waals surface area (Å²) in [6.45, 7) is 0. The van der Waals surface area contributed by atoms with Gasteiger partial charge in [0.1, 0.15) is 0 Å². The third-order valence-corrected chi connectivity index (χ3v) is 0. The van der Waals surface area contributed by atoms with E-state index in [1.807, 2.05) is 0 Å². The van der Waals surface area contributed by atoms with Crippen LogP contribution in [0.3, 0.4) is 0 Å². The van der Waals surface area contributed by atoms with Gasteiger partial charge in [0, 0.05) is 22.6 Å². The van der Waals surface area contributed by atoms with E-state index in [0.29, 0.717) is 0 Å². The molecule has 0 fully saturated rings. The van der Waals surface area contributed by atoms with Gasteiger partial charge in [-0.2, -0.15) is 4.39 Å². The Kier molecular flexibility index (Phi) is 1.04. The van der Waals surface area contributed by atoms with Gasteiger partial charge in [-0.1, -0.05) is 0 Å². The van der Waals surface area contributed by atoms with E-state index in [-0.39, 0.29) is 0 Å². The molecule has 0 rings (SSSR count). The lowest BCUT2D eigenvalue weighted by Gasteiger charge is -1.53. The van der Waals surface area contributed by atoms with Crippen molar-refractivity contribution in [1.82, 2.24) is 0 Å². The molecular weight excluding hydrogens is 172 g/mol. The van der Waals surface area contributed by atoms with Crippen LogP contribution in [0.4, 0.5) is 4.39 Å². The van der Waals surface area contributed by atoms with Crippen LogP contribution in [0.2, 0.25) is 1.41 Å². The van der Waals surface area contributed by atoms with E-state index in [1.54, 1.807) is 0 Å². The Labute approximate surface area is 38.3 Å². The normalized spacial score (nSPS) is 15.5. The van der Waals surface area contributed by atoms with Crippen LogP contribution >= 0.6 is 22.6 Å². The van der Waals surface area contributed by atoms with Gasteiger partial charge >= 0.3 is 0 Å². The number of hydrogen-bond donors (Lipinski definition) is 1. The van der Waals surface area contributed by atoms with E-state index in [0.717, 1.165) is 0 Å². The van der Waals surface area contributed by atoms with E-state index in [1.165, 1.54) is 22.6 Å². The van der Waals surface area contributed by atoms with Gasteiger partial charge in [-0.25, -0.2) is 0 Å². The fourth-order valence-corrected chi connectivity index (χ4v) is 0. The standard InChI is InChI=1S/CHFIN/c2-1(3)4/h4H/i/hD. The van der Waals surface area contributed by atoms with Gasteiger partial charge in [0.25, 0.3) is 0 Å². The van der Waals surface area contributed by atoms with Crippen LogP contribution in [-0.2, 0) is 0 Å².